The highest BCUT2D eigenvalue weighted by Gasteiger charge is 2.33. The molecular weight excluding hydrogens is 388 g/mol. The molecule has 0 amide bonds. The van der Waals surface area contributed by atoms with E-state index in [0.717, 1.165) is 5.56 Å². The predicted octanol–water partition coefficient (Wildman–Crippen LogP) is 3.99. The Morgan fingerprint density at radius 1 is 1.22 bits per heavy atom. The van der Waals surface area contributed by atoms with E-state index in [-0.39, 0.29) is 16.4 Å². The van der Waals surface area contributed by atoms with Crippen molar-refractivity contribution in [1.29, 1.82) is 0 Å². The maximum absolute atomic E-state index is 12.8. The molecule has 1 unspecified atom stereocenters. The van der Waals surface area contributed by atoms with E-state index in [0.29, 0.717) is 4.88 Å². The second-order valence-electron chi connectivity index (χ2n) is 5.72. The van der Waals surface area contributed by atoms with Crippen molar-refractivity contribution >= 4 is 27.4 Å². The molecule has 3 aromatic rings. The molecule has 1 N–H and O–H groups in total. The first kappa shape index (κ1) is 19.0. The smallest absolute Gasteiger partial charge is 0.273 e. The topological polar surface area (TPSA) is 102 Å². The summed E-state index contributed by atoms with van der Waals surface area (Å²) in [5.41, 5.74) is 0.572. The number of hydrogen-bond acceptors (Lipinski definition) is 6. The van der Waals surface area contributed by atoms with Crippen molar-refractivity contribution in [1.82, 2.24) is 4.72 Å². The number of sulfonamides is 1. The van der Waals surface area contributed by atoms with Crippen LogP contribution < -0.4 is 4.72 Å². The first-order chi connectivity index (χ1) is 12.9. The molecule has 2 aromatic heterocycles. The molecule has 1 atom stereocenters. The molecule has 0 aliphatic carbocycles. The lowest BCUT2D eigenvalue weighted by molar-refractivity contribution is -0.429. The maximum atomic E-state index is 12.8. The van der Waals surface area contributed by atoms with Gasteiger partial charge in [-0.15, -0.1) is 11.3 Å². The van der Waals surface area contributed by atoms with E-state index < -0.39 is 21.0 Å². The Kier molecular flexibility index (Phi) is 5.54. The molecule has 0 saturated carbocycles. The summed E-state index contributed by atoms with van der Waals surface area (Å²) >= 11 is 1.31. The summed E-state index contributed by atoms with van der Waals surface area (Å²) in [5, 5.41) is 13.5. The van der Waals surface area contributed by atoms with Crippen LogP contribution in [0.5, 0.6) is 0 Å². The van der Waals surface area contributed by atoms with Gasteiger partial charge in [-0.3, -0.25) is 10.1 Å². The highest BCUT2D eigenvalue weighted by Crippen LogP contribution is 2.28. The van der Waals surface area contributed by atoms with Gasteiger partial charge >= 0.3 is 0 Å². The molecule has 140 valence electrons. The minimum Gasteiger partial charge on any atom is -0.467 e. The lowest BCUT2D eigenvalue weighted by atomic mass is 10.1. The summed E-state index contributed by atoms with van der Waals surface area (Å²) in [4.78, 5) is 11.7. The van der Waals surface area contributed by atoms with E-state index >= 15 is 0 Å². The normalized spacial score (nSPS) is 13.4. The van der Waals surface area contributed by atoms with Gasteiger partial charge in [0, 0.05) is 11.0 Å². The fourth-order valence-electron chi connectivity index (χ4n) is 2.42. The Morgan fingerprint density at radius 3 is 2.52 bits per heavy atom. The number of rotatable bonds is 7. The number of aryl methyl sites for hydroxylation is 1. The monoisotopic (exact) mass is 404 g/mol. The highest BCUT2D eigenvalue weighted by atomic mass is 32.2. The lowest BCUT2D eigenvalue weighted by Crippen LogP contribution is -2.31. The average Bonchev–Trinajstić information content (AvgIpc) is 3.32. The summed E-state index contributed by atoms with van der Waals surface area (Å²) in [6, 6.07) is 11.5. The van der Waals surface area contributed by atoms with Gasteiger partial charge < -0.3 is 4.42 Å². The quantitative estimate of drug-likeness (QED) is 0.474. The second kappa shape index (κ2) is 7.87. The van der Waals surface area contributed by atoms with Gasteiger partial charge in [0.15, 0.2) is 6.04 Å². The SMILES string of the molecule is Cc1ccc(S(=O)(=O)NC(/C(=C/c2cccs2)[N+](=O)[O-])c2ccco2)cc1. The third kappa shape index (κ3) is 4.51. The van der Waals surface area contributed by atoms with Crippen LogP contribution in [0.3, 0.4) is 0 Å². The summed E-state index contributed by atoms with van der Waals surface area (Å²) in [5.74, 6) is 0.130. The Bertz CT molecular complexity index is 1040. The van der Waals surface area contributed by atoms with Crippen LogP contribution in [0.4, 0.5) is 0 Å². The molecule has 3 rings (SSSR count). The van der Waals surface area contributed by atoms with Gasteiger partial charge in [-0.2, -0.15) is 4.72 Å². The highest BCUT2D eigenvalue weighted by molar-refractivity contribution is 7.89. The third-order valence-electron chi connectivity index (χ3n) is 3.77. The molecule has 2 heterocycles. The number of furan rings is 1. The lowest BCUT2D eigenvalue weighted by Gasteiger charge is -2.15. The van der Waals surface area contributed by atoms with Gasteiger partial charge in [0.05, 0.1) is 16.1 Å². The van der Waals surface area contributed by atoms with Crippen LogP contribution in [0, 0.1) is 17.0 Å². The standard InChI is InChI=1S/C18H16N2O5S2/c1-13-6-8-15(9-7-13)27(23,24)19-18(17-5-2-10-25-17)16(20(21)22)12-14-4-3-11-26-14/h2-12,18-19H,1H3/b16-12-. The Morgan fingerprint density at radius 2 is 1.96 bits per heavy atom. The molecular formula is C18H16N2O5S2. The van der Waals surface area contributed by atoms with Crippen molar-refractivity contribution in [3.63, 3.8) is 0 Å². The van der Waals surface area contributed by atoms with Gasteiger partial charge in [-0.1, -0.05) is 23.8 Å². The van der Waals surface area contributed by atoms with E-state index in [1.54, 1.807) is 35.7 Å². The molecule has 27 heavy (non-hydrogen) atoms. The van der Waals surface area contributed by atoms with E-state index in [1.165, 1.54) is 41.9 Å². The zero-order valence-corrected chi connectivity index (χ0v) is 15.9. The van der Waals surface area contributed by atoms with Crippen molar-refractivity contribution < 1.29 is 17.8 Å². The van der Waals surface area contributed by atoms with Crippen molar-refractivity contribution in [2.45, 2.75) is 17.9 Å². The van der Waals surface area contributed by atoms with E-state index in [9.17, 15) is 18.5 Å². The molecule has 0 bridgehead atoms. The summed E-state index contributed by atoms with van der Waals surface area (Å²) in [7, 11) is -4.01. The van der Waals surface area contributed by atoms with Crippen LogP contribution in [-0.4, -0.2) is 13.3 Å². The van der Waals surface area contributed by atoms with Crippen LogP contribution in [-0.2, 0) is 10.0 Å². The number of nitrogens with zero attached hydrogens (tertiary/aromatic N) is 1. The van der Waals surface area contributed by atoms with Crippen molar-refractivity contribution in [2.75, 3.05) is 0 Å². The molecule has 0 spiro atoms. The van der Waals surface area contributed by atoms with E-state index in [4.69, 9.17) is 4.42 Å². The predicted molar refractivity (Wildman–Crippen MR) is 102 cm³/mol. The molecule has 0 aliphatic rings. The largest absolute Gasteiger partial charge is 0.467 e. The van der Waals surface area contributed by atoms with Crippen LogP contribution in [0.2, 0.25) is 0 Å². The molecule has 1 aromatic carbocycles. The summed E-state index contributed by atoms with van der Waals surface area (Å²) in [6.07, 6.45) is 2.68. The Balaban J connectivity index is 2.04. The second-order valence-corrected chi connectivity index (χ2v) is 8.42. The van der Waals surface area contributed by atoms with Gasteiger partial charge in [0.25, 0.3) is 5.70 Å². The minimum absolute atomic E-state index is 0.0171. The molecule has 7 nitrogen and oxygen atoms in total. The molecule has 0 radical (unpaired) electrons. The number of thiophene rings is 1. The van der Waals surface area contributed by atoms with Crippen LogP contribution in [0.15, 0.2) is 75.2 Å². The summed E-state index contributed by atoms with van der Waals surface area (Å²) in [6.45, 7) is 1.84. The van der Waals surface area contributed by atoms with Crippen molar-refractivity contribution in [3.05, 3.63) is 92.2 Å². The molecule has 0 aliphatic heterocycles. The van der Waals surface area contributed by atoms with Crippen LogP contribution in [0.1, 0.15) is 22.2 Å². The zero-order valence-electron chi connectivity index (χ0n) is 14.2. The maximum Gasteiger partial charge on any atom is 0.273 e. The Hall–Kier alpha value is -2.75. The molecule has 0 saturated heterocycles. The Labute approximate surface area is 160 Å². The average molecular weight is 404 g/mol. The van der Waals surface area contributed by atoms with E-state index in [2.05, 4.69) is 4.72 Å². The van der Waals surface area contributed by atoms with Gasteiger partial charge in [0.1, 0.15) is 5.76 Å². The first-order valence-corrected chi connectivity index (χ1v) is 10.2. The minimum atomic E-state index is -4.01. The van der Waals surface area contributed by atoms with Crippen LogP contribution >= 0.6 is 11.3 Å². The summed E-state index contributed by atoms with van der Waals surface area (Å²) < 4.78 is 33.2. The van der Waals surface area contributed by atoms with E-state index in [1.807, 2.05) is 6.92 Å². The number of benzene rings is 1. The van der Waals surface area contributed by atoms with Crippen molar-refractivity contribution in [3.8, 4) is 0 Å². The van der Waals surface area contributed by atoms with Crippen LogP contribution in [0.25, 0.3) is 6.08 Å². The number of nitro groups is 1. The number of hydrogen-bond donors (Lipinski definition) is 1. The van der Waals surface area contributed by atoms with Gasteiger partial charge in [-0.25, -0.2) is 8.42 Å². The number of nitrogens with one attached hydrogen (secondary N) is 1. The zero-order chi connectivity index (χ0) is 19.4. The molecule has 9 heteroatoms. The first-order valence-electron chi connectivity index (χ1n) is 7.89. The fourth-order valence-corrected chi connectivity index (χ4v) is 4.26. The van der Waals surface area contributed by atoms with Crippen molar-refractivity contribution in [2.24, 2.45) is 0 Å². The third-order valence-corrected chi connectivity index (χ3v) is 6.03. The molecule has 0 fully saturated rings. The van der Waals surface area contributed by atoms with Gasteiger partial charge in [-0.05, 0) is 42.6 Å². The van der Waals surface area contributed by atoms with Gasteiger partial charge in [0.2, 0.25) is 10.0 Å². The fraction of sp³-hybridized carbons (Fsp3) is 0.111.